The summed E-state index contributed by atoms with van der Waals surface area (Å²) in [5.41, 5.74) is 6.94. The fourth-order valence-corrected chi connectivity index (χ4v) is 1.46. The van der Waals surface area contributed by atoms with Gasteiger partial charge < -0.3 is 19.9 Å². The molecule has 2 N–H and O–H groups in total. The molecule has 1 aromatic carbocycles. The Labute approximate surface area is 94.3 Å². The number of anilines is 1. The molecule has 0 spiro atoms. The molecule has 0 atom stereocenters. The fourth-order valence-electron chi connectivity index (χ4n) is 1.46. The number of methoxy groups -OCH3 is 3. The molecule has 16 heavy (non-hydrogen) atoms. The molecule has 0 amide bonds. The van der Waals surface area contributed by atoms with Crippen molar-refractivity contribution in [1.82, 2.24) is 0 Å². The van der Waals surface area contributed by atoms with E-state index in [0.717, 1.165) is 0 Å². The van der Waals surface area contributed by atoms with Crippen LogP contribution in [0.15, 0.2) is 6.07 Å². The molecule has 0 fully saturated rings. The molecule has 0 aromatic heterocycles. The highest BCUT2D eigenvalue weighted by atomic mass is 16.5. The van der Waals surface area contributed by atoms with Crippen LogP contribution in [0, 0.1) is 11.3 Å². The number of hydrogen-bond acceptors (Lipinski definition) is 5. The van der Waals surface area contributed by atoms with E-state index in [2.05, 4.69) is 0 Å². The molecule has 5 heteroatoms. The van der Waals surface area contributed by atoms with E-state index < -0.39 is 0 Å². The summed E-state index contributed by atoms with van der Waals surface area (Å²) in [5, 5.41) is 8.68. The van der Waals surface area contributed by atoms with Crippen LogP contribution in [0.5, 0.6) is 17.2 Å². The second kappa shape index (κ2) is 5.12. The molecule has 0 radical (unpaired) electrons. The van der Waals surface area contributed by atoms with Gasteiger partial charge in [-0.3, -0.25) is 0 Å². The number of rotatable bonds is 4. The summed E-state index contributed by atoms with van der Waals surface area (Å²) in [5.74, 6) is 1.33. The molecule has 0 aliphatic rings. The number of ether oxygens (including phenoxy) is 3. The van der Waals surface area contributed by atoms with Gasteiger partial charge in [-0.15, -0.1) is 0 Å². The van der Waals surface area contributed by atoms with E-state index in [4.69, 9.17) is 25.2 Å². The minimum Gasteiger partial charge on any atom is -0.493 e. The molecule has 0 aliphatic heterocycles. The van der Waals surface area contributed by atoms with Crippen molar-refractivity contribution >= 4 is 5.69 Å². The van der Waals surface area contributed by atoms with Gasteiger partial charge in [-0.05, 0) is 11.6 Å². The quantitative estimate of drug-likeness (QED) is 0.778. The molecule has 0 aliphatic carbocycles. The maximum absolute atomic E-state index is 8.68. The third-order valence-corrected chi connectivity index (χ3v) is 2.22. The highest BCUT2D eigenvalue weighted by Crippen LogP contribution is 2.43. The number of nitrogens with zero attached hydrogens (tertiary/aromatic N) is 1. The van der Waals surface area contributed by atoms with Crippen molar-refractivity contribution in [1.29, 1.82) is 5.26 Å². The molecule has 1 rings (SSSR count). The number of hydrogen-bond donors (Lipinski definition) is 1. The number of benzene rings is 1. The molecule has 5 nitrogen and oxygen atoms in total. The maximum atomic E-state index is 8.68. The number of nitrogens with two attached hydrogens (primary N) is 1. The topological polar surface area (TPSA) is 77.5 Å². The minimum atomic E-state index is 0.197. The van der Waals surface area contributed by atoms with E-state index in [-0.39, 0.29) is 6.42 Å². The molecule has 0 saturated carbocycles. The average Bonchev–Trinajstić information content (AvgIpc) is 2.31. The van der Waals surface area contributed by atoms with Crippen molar-refractivity contribution < 1.29 is 14.2 Å². The Morgan fingerprint density at radius 2 is 1.81 bits per heavy atom. The molecule has 0 bridgehead atoms. The Bertz CT molecular complexity index is 424. The van der Waals surface area contributed by atoms with Gasteiger partial charge in [-0.1, -0.05) is 0 Å². The molecular formula is C11H14N2O3. The molecular weight excluding hydrogens is 208 g/mol. The zero-order chi connectivity index (χ0) is 12.1. The van der Waals surface area contributed by atoms with Crippen LogP contribution in [0.4, 0.5) is 5.69 Å². The van der Waals surface area contributed by atoms with Crippen molar-refractivity contribution in [2.24, 2.45) is 0 Å². The summed E-state index contributed by atoms with van der Waals surface area (Å²) < 4.78 is 15.5. The number of nitrogen functional groups attached to an aromatic ring is 1. The van der Waals surface area contributed by atoms with Crippen LogP contribution in [0.3, 0.4) is 0 Å². The first-order chi connectivity index (χ1) is 7.69. The predicted octanol–water partition coefficient (Wildman–Crippen LogP) is 1.36. The highest BCUT2D eigenvalue weighted by Gasteiger charge is 2.18. The van der Waals surface area contributed by atoms with Crippen molar-refractivity contribution in [2.75, 3.05) is 27.1 Å². The van der Waals surface area contributed by atoms with Gasteiger partial charge in [-0.2, -0.15) is 5.26 Å². The first kappa shape index (κ1) is 12.0. The van der Waals surface area contributed by atoms with Crippen LogP contribution in [-0.2, 0) is 6.42 Å². The van der Waals surface area contributed by atoms with Crippen LogP contribution >= 0.6 is 0 Å². The first-order valence-corrected chi connectivity index (χ1v) is 4.63. The average molecular weight is 222 g/mol. The van der Waals surface area contributed by atoms with Gasteiger partial charge in [-0.25, -0.2) is 0 Å². The molecule has 0 saturated heterocycles. The summed E-state index contributed by atoms with van der Waals surface area (Å²) >= 11 is 0. The van der Waals surface area contributed by atoms with E-state index in [0.29, 0.717) is 28.5 Å². The summed E-state index contributed by atoms with van der Waals surface area (Å²) in [6.45, 7) is 0. The van der Waals surface area contributed by atoms with E-state index in [1.165, 1.54) is 21.3 Å². The van der Waals surface area contributed by atoms with Crippen LogP contribution in [0.25, 0.3) is 0 Å². The monoisotopic (exact) mass is 222 g/mol. The maximum Gasteiger partial charge on any atom is 0.205 e. The Morgan fingerprint density at radius 1 is 1.19 bits per heavy atom. The van der Waals surface area contributed by atoms with E-state index >= 15 is 0 Å². The predicted molar refractivity (Wildman–Crippen MR) is 59.8 cm³/mol. The van der Waals surface area contributed by atoms with Crippen molar-refractivity contribution in [3.8, 4) is 23.3 Å². The Morgan fingerprint density at radius 3 is 2.25 bits per heavy atom. The van der Waals surface area contributed by atoms with Crippen molar-refractivity contribution in [2.45, 2.75) is 6.42 Å². The normalized spacial score (nSPS) is 9.38. The van der Waals surface area contributed by atoms with Gasteiger partial charge in [0.1, 0.15) is 0 Å². The van der Waals surface area contributed by atoms with Crippen LogP contribution in [-0.4, -0.2) is 21.3 Å². The zero-order valence-corrected chi connectivity index (χ0v) is 9.53. The summed E-state index contributed by atoms with van der Waals surface area (Å²) in [7, 11) is 4.51. The SMILES string of the molecule is COc1cc(CC#N)c(N)c(OC)c1OC. The minimum absolute atomic E-state index is 0.197. The molecule has 0 unspecified atom stereocenters. The second-order valence-electron chi connectivity index (χ2n) is 3.05. The van der Waals surface area contributed by atoms with E-state index in [1.54, 1.807) is 6.07 Å². The fraction of sp³-hybridized carbons (Fsp3) is 0.364. The Hall–Kier alpha value is -2.09. The summed E-state index contributed by atoms with van der Waals surface area (Å²) in [6, 6.07) is 3.71. The van der Waals surface area contributed by atoms with Gasteiger partial charge in [0.05, 0.1) is 39.5 Å². The Kier molecular flexibility index (Phi) is 3.84. The van der Waals surface area contributed by atoms with Gasteiger partial charge >= 0.3 is 0 Å². The van der Waals surface area contributed by atoms with Gasteiger partial charge in [0, 0.05) is 0 Å². The van der Waals surface area contributed by atoms with Gasteiger partial charge in [0.25, 0.3) is 0 Å². The van der Waals surface area contributed by atoms with Crippen LogP contribution in [0.1, 0.15) is 5.56 Å². The largest absolute Gasteiger partial charge is 0.493 e. The molecule has 86 valence electrons. The third-order valence-electron chi connectivity index (χ3n) is 2.22. The van der Waals surface area contributed by atoms with Crippen molar-refractivity contribution in [3.63, 3.8) is 0 Å². The second-order valence-corrected chi connectivity index (χ2v) is 3.05. The van der Waals surface area contributed by atoms with Crippen LogP contribution < -0.4 is 19.9 Å². The van der Waals surface area contributed by atoms with E-state index in [9.17, 15) is 0 Å². The van der Waals surface area contributed by atoms with Gasteiger partial charge in [0.15, 0.2) is 11.5 Å². The lowest BCUT2D eigenvalue weighted by Crippen LogP contribution is -2.02. The standard InChI is InChI=1S/C11H14N2O3/c1-14-8-6-7(4-5-12)9(13)11(16-3)10(8)15-2/h6H,4,13H2,1-3H3. The third kappa shape index (κ3) is 1.96. The van der Waals surface area contributed by atoms with Crippen molar-refractivity contribution in [3.05, 3.63) is 11.6 Å². The highest BCUT2D eigenvalue weighted by molar-refractivity contribution is 5.70. The zero-order valence-electron chi connectivity index (χ0n) is 9.53. The smallest absolute Gasteiger partial charge is 0.205 e. The summed E-state index contributed by atoms with van der Waals surface area (Å²) in [6.07, 6.45) is 0.197. The molecule has 1 aromatic rings. The van der Waals surface area contributed by atoms with Gasteiger partial charge in [0.2, 0.25) is 5.75 Å². The van der Waals surface area contributed by atoms with E-state index in [1.807, 2.05) is 6.07 Å². The molecule has 0 heterocycles. The lowest BCUT2D eigenvalue weighted by atomic mass is 10.1. The lowest BCUT2D eigenvalue weighted by Gasteiger charge is -2.16. The Balaban J connectivity index is 3.43. The summed E-state index contributed by atoms with van der Waals surface area (Å²) in [4.78, 5) is 0. The number of nitriles is 1. The lowest BCUT2D eigenvalue weighted by molar-refractivity contribution is 0.325. The van der Waals surface area contributed by atoms with Crippen LogP contribution in [0.2, 0.25) is 0 Å². The first-order valence-electron chi connectivity index (χ1n) is 4.63.